The van der Waals surface area contributed by atoms with E-state index in [-0.39, 0.29) is 12.8 Å². The van der Waals surface area contributed by atoms with E-state index in [4.69, 9.17) is 5.26 Å². The van der Waals surface area contributed by atoms with E-state index >= 15 is 0 Å². The van der Waals surface area contributed by atoms with E-state index in [1.807, 2.05) is 40.8 Å². The van der Waals surface area contributed by atoms with Crippen LogP contribution < -0.4 is 0 Å². The van der Waals surface area contributed by atoms with Gasteiger partial charge in [-0.1, -0.05) is 0 Å². The number of benzene rings is 1. The molecule has 0 amide bonds. The monoisotopic (exact) mass is 468 g/mol. The number of carbonyl (C=O) groups is 1. The van der Waals surface area contributed by atoms with E-state index < -0.39 is 11.5 Å². The predicted octanol–water partition coefficient (Wildman–Crippen LogP) is 4.76. The highest BCUT2D eigenvalue weighted by molar-refractivity contribution is 5.86. The first-order valence-corrected chi connectivity index (χ1v) is 11.3. The minimum atomic E-state index is -2.38. The highest BCUT2D eigenvalue weighted by Crippen LogP contribution is 2.27. The number of likely N-dealkylation sites (tertiary alicyclic amines) is 1. The molecule has 1 aliphatic heterocycles. The number of aldehydes is 1. The van der Waals surface area contributed by atoms with Crippen molar-refractivity contribution in [1.29, 1.82) is 5.26 Å². The zero-order valence-electron chi connectivity index (χ0n) is 19.8. The Morgan fingerprint density at radius 3 is 2.38 bits per heavy atom. The summed E-state index contributed by atoms with van der Waals surface area (Å²) in [5.74, 6) is -2.38. The smallest absolute Gasteiger partial charge is 0.250 e. The van der Waals surface area contributed by atoms with Gasteiger partial charge in [0.1, 0.15) is 5.65 Å². The van der Waals surface area contributed by atoms with Crippen molar-refractivity contribution in [3.63, 3.8) is 0 Å². The minimum absolute atomic E-state index is 0.0312. The van der Waals surface area contributed by atoms with Crippen LogP contribution in [-0.2, 0) is 6.42 Å². The maximum absolute atomic E-state index is 12.4. The van der Waals surface area contributed by atoms with Gasteiger partial charge in [-0.3, -0.25) is 9.36 Å². The Balaban J connectivity index is 0.000000302. The van der Waals surface area contributed by atoms with Crippen molar-refractivity contribution in [3.8, 4) is 11.8 Å². The van der Waals surface area contributed by atoms with E-state index in [1.165, 1.54) is 0 Å². The molecule has 1 aromatic carbocycles. The summed E-state index contributed by atoms with van der Waals surface area (Å²) in [6, 6.07) is 13.2. The van der Waals surface area contributed by atoms with Gasteiger partial charge in [0.05, 0.1) is 17.2 Å². The first-order valence-electron chi connectivity index (χ1n) is 11.3. The number of halogens is 2. The topological polar surface area (TPSA) is 82.1 Å². The summed E-state index contributed by atoms with van der Waals surface area (Å²) < 4.78 is 26.7. The zero-order chi connectivity index (χ0) is 24.9. The highest BCUT2D eigenvalue weighted by Gasteiger charge is 2.32. The van der Waals surface area contributed by atoms with Crippen molar-refractivity contribution in [2.24, 2.45) is 0 Å². The summed E-state index contributed by atoms with van der Waals surface area (Å²) >= 11 is 0. The van der Waals surface area contributed by atoms with Crippen LogP contribution in [0.5, 0.6) is 0 Å². The Kier molecular flexibility index (Phi) is 7.80. The van der Waals surface area contributed by atoms with Gasteiger partial charge in [-0.2, -0.15) is 5.26 Å². The number of hydrogen-bond donors (Lipinski definition) is 1. The number of alkyl halides is 2. The largest absolute Gasteiger partial charge is 0.390 e. The summed E-state index contributed by atoms with van der Waals surface area (Å²) in [6.07, 6.45) is 3.65. The number of aryl methyl sites for hydroxylation is 1. The number of nitriles is 1. The van der Waals surface area contributed by atoms with E-state index in [0.29, 0.717) is 37.1 Å². The fourth-order valence-corrected chi connectivity index (χ4v) is 3.77. The van der Waals surface area contributed by atoms with Gasteiger partial charge in [0, 0.05) is 54.5 Å². The number of nitrogens with zero attached hydrogens (tertiary/aromatic N) is 4. The third kappa shape index (κ3) is 6.69. The van der Waals surface area contributed by atoms with Gasteiger partial charge in [-0.05, 0) is 70.1 Å². The summed E-state index contributed by atoms with van der Waals surface area (Å²) in [4.78, 5) is 17.4. The fourth-order valence-electron chi connectivity index (χ4n) is 3.77. The van der Waals surface area contributed by atoms with Crippen molar-refractivity contribution < 1.29 is 18.7 Å². The molecule has 1 N–H and O–H groups in total. The lowest BCUT2D eigenvalue weighted by molar-refractivity contribution is -0.0504. The molecule has 0 spiro atoms. The van der Waals surface area contributed by atoms with Crippen LogP contribution in [0.2, 0.25) is 0 Å². The number of hydrogen-bond acceptors (Lipinski definition) is 5. The number of aromatic nitrogens is 2. The lowest BCUT2D eigenvalue weighted by Gasteiger charge is -2.28. The fraction of sp³-hybridized carbons (Fsp3) is 0.423. The van der Waals surface area contributed by atoms with Crippen LogP contribution in [0, 0.1) is 11.3 Å². The van der Waals surface area contributed by atoms with Gasteiger partial charge < -0.3 is 10.0 Å². The molecular formula is C26H30F2N4O2. The van der Waals surface area contributed by atoms with Gasteiger partial charge >= 0.3 is 0 Å². The van der Waals surface area contributed by atoms with Crippen LogP contribution in [0.1, 0.15) is 54.7 Å². The predicted molar refractivity (Wildman–Crippen MR) is 127 cm³/mol. The molecular weight excluding hydrogens is 438 g/mol. The maximum Gasteiger partial charge on any atom is 0.250 e. The maximum atomic E-state index is 12.4. The molecule has 2 aromatic heterocycles. The molecule has 1 fully saturated rings. The molecule has 0 unspecified atom stereocenters. The molecule has 0 saturated carbocycles. The van der Waals surface area contributed by atoms with Crippen LogP contribution in [0.25, 0.3) is 16.7 Å². The molecule has 0 bridgehead atoms. The Morgan fingerprint density at radius 2 is 1.85 bits per heavy atom. The molecule has 34 heavy (non-hydrogen) atoms. The van der Waals surface area contributed by atoms with Crippen LogP contribution in [0.15, 0.2) is 42.6 Å². The lowest BCUT2D eigenvalue weighted by Crippen LogP contribution is -2.36. The lowest BCUT2D eigenvalue weighted by atomic mass is 10.0. The number of pyridine rings is 1. The van der Waals surface area contributed by atoms with Crippen molar-refractivity contribution in [1.82, 2.24) is 14.5 Å². The standard InChI is InChI=1S/C20H19N3O2.C6H11F2N/c1-20(2,25)8-7-18-10-16-9-15(13-24)12-22-19(16)23(18)17-5-3-14(11-21)4-6-17;1-9-4-2-6(7,8)3-5-9/h3-6,9-10,12-13,25H,7-8H2,1-2H3;2-5H2,1H3. The van der Waals surface area contributed by atoms with Gasteiger partial charge in [0.2, 0.25) is 0 Å². The van der Waals surface area contributed by atoms with Crippen LogP contribution in [0.4, 0.5) is 8.78 Å². The molecule has 3 aromatic rings. The summed E-state index contributed by atoms with van der Waals surface area (Å²) in [5.41, 5.74) is 2.99. The van der Waals surface area contributed by atoms with Crippen molar-refractivity contribution >= 4 is 17.3 Å². The quantitative estimate of drug-likeness (QED) is 0.546. The number of aliphatic hydroxyl groups is 1. The minimum Gasteiger partial charge on any atom is -0.390 e. The average molecular weight is 469 g/mol. The number of fused-ring (bicyclic) bond motifs is 1. The Hall–Kier alpha value is -3.15. The second kappa shape index (κ2) is 10.4. The average Bonchev–Trinajstić information content (AvgIpc) is 3.17. The number of rotatable bonds is 5. The van der Waals surface area contributed by atoms with Gasteiger partial charge in [0.15, 0.2) is 6.29 Å². The van der Waals surface area contributed by atoms with Crippen molar-refractivity contribution in [3.05, 3.63) is 59.4 Å². The zero-order valence-corrected chi connectivity index (χ0v) is 19.8. The molecule has 0 atom stereocenters. The SMILES string of the molecule is CC(C)(O)CCc1cc2cc(C=O)cnc2n1-c1ccc(C#N)cc1.CN1CCC(F)(F)CC1. The van der Waals surface area contributed by atoms with E-state index in [9.17, 15) is 18.7 Å². The van der Waals surface area contributed by atoms with E-state index in [1.54, 1.807) is 32.2 Å². The molecule has 1 saturated heterocycles. The van der Waals surface area contributed by atoms with Crippen LogP contribution in [-0.4, -0.2) is 57.5 Å². The molecule has 8 heteroatoms. The Morgan fingerprint density at radius 1 is 1.21 bits per heavy atom. The highest BCUT2D eigenvalue weighted by atomic mass is 19.3. The Bertz CT molecular complexity index is 1160. The third-order valence-electron chi connectivity index (χ3n) is 5.84. The molecule has 0 radical (unpaired) electrons. The van der Waals surface area contributed by atoms with Crippen molar-refractivity contribution in [2.75, 3.05) is 20.1 Å². The number of piperidine rings is 1. The van der Waals surface area contributed by atoms with Crippen LogP contribution >= 0.6 is 0 Å². The third-order valence-corrected chi connectivity index (χ3v) is 5.84. The molecule has 180 valence electrons. The normalized spacial score (nSPS) is 15.9. The molecule has 6 nitrogen and oxygen atoms in total. The first-order chi connectivity index (χ1) is 16.0. The molecule has 1 aliphatic rings. The summed E-state index contributed by atoms with van der Waals surface area (Å²) in [6.45, 7) is 4.63. The summed E-state index contributed by atoms with van der Waals surface area (Å²) in [5, 5.41) is 19.9. The Labute approximate surface area is 198 Å². The van der Waals surface area contributed by atoms with Gasteiger partial charge in [-0.15, -0.1) is 0 Å². The molecule has 0 aliphatic carbocycles. The van der Waals surface area contributed by atoms with E-state index in [0.717, 1.165) is 28.7 Å². The van der Waals surface area contributed by atoms with Gasteiger partial charge in [0.25, 0.3) is 5.92 Å². The van der Waals surface area contributed by atoms with Gasteiger partial charge in [-0.25, -0.2) is 13.8 Å². The van der Waals surface area contributed by atoms with Crippen molar-refractivity contribution in [2.45, 2.75) is 51.1 Å². The molecule has 3 heterocycles. The summed E-state index contributed by atoms with van der Waals surface area (Å²) in [7, 11) is 1.87. The van der Waals surface area contributed by atoms with Crippen LogP contribution in [0.3, 0.4) is 0 Å². The second-order valence-corrected chi connectivity index (χ2v) is 9.40. The molecule has 4 rings (SSSR count). The number of carbonyl (C=O) groups excluding carboxylic acids is 1. The van der Waals surface area contributed by atoms with E-state index in [2.05, 4.69) is 11.1 Å². The second-order valence-electron chi connectivity index (χ2n) is 9.40. The first kappa shape index (κ1) is 25.5.